The summed E-state index contributed by atoms with van der Waals surface area (Å²) in [7, 11) is 0. The minimum Gasteiger partial charge on any atom is -0.462 e. The molecule has 1 rings (SSSR count). The van der Waals surface area contributed by atoms with Crippen LogP contribution >= 0.6 is 11.3 Å². The van der Waals surface area contributed by atoms with Crippen LogP contribution in [0.15, 0.2) is 0 Å². The van der Waals surface area contributed by atoms with Gasteiger partial charge in [0.25, 0.3) is 0 Å². The molecule has 2 N–H and O–H groups in total. The van der Waals surface area contributed by atoms with Gasteiger partial charge in [-0.1, -0.05) is 25.2 Å². The van der Waals surface area contributed by atoms with Crippen molar-refractivity contribution >= 4 is 22.4 Å². The average Bonchev–Trinajstić information content (AvgIpc) is 2.46. The predicted molar refractivity (Wildman–Crippen MR) is 61.0 cm³/mol. The second-order valence-electron chi connectivity index (χ2n) is 3.65. The molecular weight excluding hydrogens is 212 g/mol. The Bertz CT molecular complexity index is 347. The molecule has 15 heavy (non-hydrogen) atoms. The van der Waals surface area contributed by atoms with Crippen LogP contribution in [-0.2, 0) is 11.2 Å². The van der Waals surface area contributed by atoms with Gasteiger partial charge in [-0.3, -0.25) is 0 Å². The van der Waals surface area contributed by atoms with Gasteiger partial charge in [0.15, 0.2) is 5.13 Å². The molecule has 0 fully saturated rings. The van der Waals surface area contributed by atoms with Crippen LogP contribution in [0.5, 0.6) is 0 Å². The van der Waals surface area contributed by atoms with E-state index in [-0.39, 0.29) is 5.97 Å². The number of aromatic nitrogens is 1. The molecule has 1 aromatic rings. The van der Waals surface area contributed by atoms with Crippen LogP contribution < -0.4 is 5.73 Å². The maximum absolute atomic E-state index is 11.6. The number of hydrogen-bond acceptors (Lipinski definition) is 5. The van der Waals surface area contributed by atoms with Crippen molar-refractivity contribution in [1.82, 2.24) is 4.98 Å². The molecule has 0 saturated carbocycles. The Hall–Kier alpha value is -1.10. The smallest absolute Gasteiger partial charge is 0.350 e. The summed E-state index contributed by atoms with van der Waals surface area (Å²) in [5.74, 6) is 0.127. The zero-order chi connectivity index (χ0) is 11.4. The Labute approximate surface area is 93.5 Å². The van der Waals surface area contributed by atoms with Gasteiger partial charge in [-0.25, -0.2) is 9.78 Å². The Morgan fingerprint density at radius 1 is 1.60 bits per heavy atom. The maximum atomic E-state index is 11.6. The van der Waals surface area contributed by atoms with Crippen molar-refractivity contribution in [2.75, 3.05) is 12.3 Å². The summed E-state index contributed by atoms with van der Waals surface area (Å²) >= 11 is 1.20. The van der Waals surface area contributed by atoms with E-state index in [0.717, 1.165) is 12.1 Å². The Morgan fingerprint density at radius 2 is 2.27 bits per heavy atom. The highest BCUT2D eigenvalue weighted by Crippen LogP contribution is 2.23. The van der Waals surface area contributed by atoms with Crippen LogP contribution in [0.3, 0.4) is 0 Å². The van der Waals surface area contributed by atoms with Crippen LogP contribution in [0.1, 0.15) is 36.1 Å². The lowest BCUT2D eigenvalue weighted by Gasteiger charge is -2.04. The molecule has 0 atom stereocenters. The summed E-state index contributed by atoms with van der Waals surface area (Å²) in [4.78, 5) is 16.2. The summed E-state index contributed by atoms with van der Waals surface area (Å²) in [5.41, 5.74) is 6.34. The average molecular weight is 228 g/mol. The van der Waals surface area contributed by atoms with Gasteiger partial charge in [0.2, 0.25) is 0 Å². The van der Waals surface area contributed by atoms with Gasteiger partial charge in [-0.2, -0.15) is 0 Å². The molecule has 0 spiro atoms. The van der Waals surface area contributed by atoms with Crippen molar-refractivity contribution in [1.29, 1.82) is 0 Å². The second kappa shape index (κ2) is 5.11. The van der Waals surface area contributed by atoms with E-state index in [1.807, 2.05) is 0 Å². The number of carbonyl (C=O) groups excluding carboxylic acids is 1. The number of nitrogens with zero attached hydrogens (tertiary/aromatic N) is 1. The lowest BCUT2D eigenvalue weighted by atomic mass is 10.1. The predicted octanol–water partition coefficient (Wildman–Crippen LogP) is 2.10. The third-order valence-corrected chi connectivity index (χ3v) is 2.68. The van der Waals surface area contributed by atoms with Gasteiger partial charge in [-0.05, 0) is 19.3 Å². The van der Waals surface area contributed by atoms with E-state index in [0.29, 0.717) is 22.5 Å². The van der Waals surface area contributed by atoms with Crippen LogP contribution in [0.4, 0.5) is 5.13 Å². The van der Waals surface area contributed by atoms with E-state index < -0.39 is 0 Å². The summed E-state index contributed by atoms with van der Waals surface area (Å²) in [6, 6.07) is 0. The van der Waals surface area contributed by atoms with E-state index in [1.165, 1.54) is 11.3 Å². The monoisotopic (exact) mass is 228 g/mol. The number of rotatable bonds is 4. The third-order valence-electron chi connectivity index (χ3n) is 1.78. The first-order valence-corrected chi connectivity index (χ1v) is 5.78. The first-order chi connectivity index (χ1) is 7.04. The zero-order valence-electron chi connectivity index (χ0n) is 9.24. The first-order valence-electron chi connectivity index (χ1n) is 4.96. The van der Waals surface area contributed by atoms with Crippen molar-refractivity contribution in [3.8, 4) is 0 Å². The van der Waals surface area contributed by atoms with E-state index in [4.69, 9.17) is 10.5 Å². The normalized spacial score (nSPS) is 10.7. The Morgan fingerprint density at radius 3 is 2.80 bits per heavy atom. The van der Waals surface area contributed by atoms with Crippen molar-refractivity contribution in [3.05, 3.63) is 10.6 Å². The van der Waals surface area contributed by atoms with Crippen LogP contribution in [-0.4, -0.2) is 17.6 Å². The molecule has 0 amide bonds. The molecule has 0 aliphatic rings. The minimum atomic E-state index is -0.317. The summed E-state index contributed by atoms with van der Waals surface area (Å²) in [6.07, 6.45) is 0.752. The quantitative estimate of drug-likeness (QED) is 0.801. The molecular formula is C10H16N2O2S. The van der Waals surface area contributed by atoms with E-state index in [2.05, 4.69) is 18.8 Å². The van der Waals surface area contributed by atoms with Crippen molar-refractivity contribution in [3.63, 3.8) is 0 Å². The molecule has 0 saturated heterocycles. The number of carbonyl (C=O) groups is 1. The summed E-state index contributed by atoms with van der Waals surface area (Å²) in [6.45, 7) is 6.30. The number of hydrogen-bond donors (Lipinski definition) is 1. The molecule has 1 aromatic heterocycles. The number of ether oxygens (including phenoxy) is 1. The number of nitrogen functional groups attached to an aromatic ring is 1. The number of thiazole rings is 1. The minimum absolute atomic E-state index is 0.317. The zero-order valence-corrected chi connectivity index (χ0v) is 10.1. The molecule has 0 aromatic carbocycles. The van der Waals surface area contributed by atoms with Crippen molar-refractivity contribution < 1.29 is 9.53 Å². The van der Waals surface area contributed by atoms with Crippen LogP contribution in [0.25, 0.3) is 0 Å². The van der Waals surface area contributed by atoms with Gasteiger partial charge in [0.1, 0.15) is 4.88 Å². The van der Waals surface area contributed by atoms with Gasteiger partial charge < -0.3 is 10.5 Å². The fourth-order valence-corrected chi connectivity index (χ4v) is 2.01. The van der Waals surface area contributed by atoms with E-state index >= 15 is 0 Å². The molecule has 0 aliphatic heterocycles. The molecule has 4 nitrogen and oxygen atoms in total. The molecule has 0 bridgehead atoms. The standard InChI is InChI=1S/C10H16N2O2S/c1-4-14-9(13)8-7(5-6(2)3)12-10(11)15-8/h6H,4-5H2,1-3H3,(H2,11,12). The molecule has 0 aliphatic carbocycles. The Kier molecular flexibility index (Phi) is 4.08. The molecule has 84 valence electrons. The van der Waals surface area contributed by atoms with Gasteiger partial charge in [0, 0.05) is 0 Å². The van der Waals surface area contributed by atoms with Crippen molar-refractivity contribution in [2.24, 2.45) is 5.92 Å². The number of anilines is 1. The Balaban J connectivity index is 2.90. The SMILES string of the molecule is CCOC(=O)c1sc(N)nc1CC(C)C. The number of nitrogens with two attached hydrogens (primary N) is 1. The lowest BCUT2D eigenvalue weighted by molar-refractivity contribution is 0.0530. The van der Waals surface area contributed by atoms with Gasteiger partial charge in [-0.15, -0.1) is 0 Å². The number of esters is 1. The van der Waals surface area contributed by atoms with Crippen LogP contribution in [0, 0.1) is 5.92 Å². The molecule has 0 radical (unpaired) electrons. The first kappa shape index (κ1) is 12.0. The highest BCUT2D eigenvalue weighted by Gasteiger charge is 2.18. The van der Waals surface area contributed by atoms with Gasteiger partial charge in [0.05, 0.1) is 12.3 Å². The van der Waals surface area contributed by atoms with Crippen LogP contribution in [0.2, 0.25) is 0 Å². The van der Waals surface area contributed by atoms with Crippen molar-refractivity contribution in [2.45, 2.75) is 27.2 Å². The molecule has 0 unspecified atom stereocenters. The molecule has 5 heteroatoms. The second-order valence-corrected chi connectivity index (χ2v) is 4.68. The fraction of sp³-hybridized carbons (Fsp3) is 0.600. The largest absolute Gasteiger partial charge is 0.462 e. The molecule has 1 heterocycles. The maximum Gasteiger partial charge on any atom is 0.350 e. The summed E-state index contributed by atoms with van der Waals surface area (Å²) < 4.78 is 4.94. The third kappa shape index (κ3) is 3.20. The lowest BCUT2D eigenvalue weighted by Crippen LogP contribution is -2.07. The highest BCUT2D eigenvalue weighted by molar-refractivity contribution is 7.17. The summed E-state index contributed by atoms with van der Waals surface area (Å²) in [5, 5.41) is 0.425. The fourth-order valence-electron chi connectivity index (χ4n) is 1.25. The highest BCUT2D eigenvalue weighted by atomic mass is 32.1. The van der Waals surface area contributed by atoms with Gasteiger partial charge >= 0.3 is 5.97 Å². The topological polar surface area (TPSA) is 65.2 Å². The van der Waals surface area contributed by atoms with E-state index in [1.54, 1.807) is 6.92 Å². The van der Waals surface area contributed by atoms with E-state index in [9.17, 15) is 4.79 Å².